The van der Waals surface area contributed by atoms with Gasteiger partial charge in [-0.05, 0) is 53.3 Å². The zero-order valence-corrected chi connectivity index (χ0v) is 20.8. The molecule has 1 aliphatic heterocycles. The van der Waals surface area contributed by atoms with Gasteiger partial charge in [0.05, 0.1) is 19.8 Å². The molecule has 0 spiro atoms. The van der Waals surface area contributed by atoms with Crippen LogP contribution in [0.15, 0.2) is 67.3 Å². The lowest BCUT2D eigenvalue weighted by Gasteiger charge is -2.32. The van der Waals surface area contributed by atoms with Crippen molar-refractivity contribution in [1.29, 1.82) is 0 Å². The number of hydrogen-bond donors (Lipinski definition) is 1. The summed E-state index contributed by atoms with van der Waals surface area (Å²) in [4.78, 5) is 0. The normalized spacial score (nSPS) is 18.4. The Hall–Kier alpha value is -3.13. The molecule has 1 unspecified atom stereocenters. The van der Waals surface area contributed by atoms with Gasteiger partial charge in [0.1, 0.15) is 11.9 Å². The molecule has 1 atom stereocenters. The van der Waals surface area contributed by atoms with Crippen LogP contribution in [0.25, 0.3) is 22.3 Å². The van der Waals surface area contributed by atoms with Crippen LogP contribution in [0, 0.1) is 17.5 Å². The lowest BCUT2D eigenvalue weighted by atomic mass is 9.95. The van der Waals surface area contributed by atoms with Gasteiger partial charge in [-0.2, -0.15) is 4.39 Å². The Balaban J connectivity index is 1.45. The SMILES string of the molecule is C=CCCOc1ccc(-c2ccc(-c3ccc(C4COC(C(O)CCC)OC4)c(F)c3)cc2)c(F)c1F. The van der Waals surface area contributed by atoms with Gasteiger partial charge in [-0.15, -0.1) is 6.58 Å². The van der Waals surface area contributed by atoms with Crippen LogP contribution in [-0.2, 0) is 9.47 Å². The van der Waals surface area contributed by atoms with E-state index in [1.807, 2.05) is 6.92 Å². The Morgan fingerprint density at radius 3 is 2.30 bits per heavy atom. The van der Waals surface area contributed by atoms with E-state index in [1.54, 1.807) is 42.5 Å². The van der Waals surface area contributed by atoms with Crippen molar-refractivity contribution >= 4 is 0 Å². The third-order valence-electron chi connectivity index (χ3n) is 6.42. The first kappa shape index (κ1) is 26.9. The van der Waals surface area contributed by atoms with Gasteiger partial charge >= 0.3 is 0 Å². The van der Waals surface area contributed by atoms with Gasteiger partial charge in [0.25, 0.3) is 0 Å². The van der Waals surface area contributed by atoms with E-state index in [0.29, 0.717) is 29.5 Å². The number of aliphatic hydroxyl groups is 1. The summed E-state index contributed by atoms with van der Waals surface area (Å²) in [5.41, 5.74) is 2.47. The van der Waals surface area contributed by atoms with Gasteiger partial charge in [0.2, 0.25) is 5.82 Å². The molecule has 1 heterocycles. The van der Waals surface area contributed by atoms with E-state index < -0.39 is 24.0 Å². The van der Waals surface area contributed by atoms with Gasteiger partial charge in [-0.25, -0.2) is 8.78 Å². The minimum absolute atomic E-state index is 0.112. The molecule has 0 saturated carbocycles. The zero-order valence-electron chi connectivity index (χ0n) is 20.8. The van der Waals surface area contributed by atoms with Gasteiger partial charge < -0.3 is 19.3 Å². The zero-order chi connectivity index (χ0) is 26.4. The first-order chi connectivity index (χ1) is 17.9. The summed E-state index contributed by atoms with van der Waals surface area (Å²) >= 11 is 0. The summed E-state index contributed by atoms with van der Waals surface area (Å²) in [6.07, 6.45) is 2.18. The summed E-state index contributed by atoms with van der Waals surface area (Å²) < 4.78 is 60.7. The molecule has 1 saturated heterocycles. The Kier molecular flexibility index (Phi) is 9.03. The minimum Gasteiger partial charge on any atom is -0.490 e. The fourth-order valence-corrected chi connectivity index (χ4v) is 4.35. The number of aliphatic hydroxyl groups excluding tert-OH is 1. The molecule has 0 aromatic heterocycles. The monoisotopic (exact) mass is 512 g/mol. The van der Waals surface area contributed by atoms with Crippen molar-refractivity contribution in [1.82, 2.24) is 0 Å². The average Bonchev–Trinajstić information content (AvgIpc) is 2.91. The molecule has 3 aromatic carbocycles. The van der Waals surface area contributed by atoms with Crippen molar-refractivity contribution in [2.75, 3.05) is 19.8 Å². The Morgan fingerprint density at radius 1 is 0.973 bits per heavy atom. The van der Waals surface area contributed by atoms with Crippen molar-refractivity contribution in [3.8, 4) is 28.0 Å². The van der Waals surface area contributed by atoms with E-state index in [9.17, 15) is 13.9 Å². The predicted octanol–water partition coefficient (Wildman–Crippen LogP) is 7.01. The number of hydrogen-bond acceptors (Lipinski definition) is 4. The van der Waals surface area contributed by atoms with E-state index in [-0.39, 0.29) is 42.9 Å². The topological polar surface area (TPSA) is 47.9 Å². The Labute approximate surface area is 215 Å². The van der Waals surface area contributed by atoms with Crippen LogP contribution in [0.4, 0.5) is 13.2 Å². The third kappa shape index (κ3) is 6.24. The standard InChI is InChI=1S/C30H31F3O4/c1-3-5-15-35-27-14-13-24(28(32)29(27)33)20-9-7-19(8-10-20)21-11-12-23(25(31)16-21)22-17-36-30(37-18-22)26(34)6-4-2/h3,7-14,16,22,26,30,34H,1,4-6,15,17-18H2,2H3. The summed E-state index contributed by atoms with van der Waals surface area (Å²) in [5, 5.41) is 10.0. The highest BCUT2D eigenvalue weighted by atomic mass is 19.2. The Bertz CT molecular complexity index is 1200. The molecule has 0 bridgehead atoms. The van der Waals surface area contributed by atoms with Crippen LogP contribution in [0.2, 0.25) is 0 Å². The van der Waals surface area contributed by atoms with E-state index >= 15 is 4.39 Å². The number of rotatable bonds is 10. The predicted molar refractivity (Wildman–Crippen MR) is 137 cm³/mol. The maximum absolute atomic E-state index is 15.0. The van der Waals surface area contributed by atoms with Crippen LogP contribution in [-0.4, -0.2) is 37.3 Å². The fraction of sp³-hybridized carbons (Fsp3) is 0.333. The smallest absolute Gasteiger partial charge is 0.201 e. The number of ether oxygens (including phenoxy) is 3. The molecule has 0 radical (unpaired) electrons. The second-order valence-electron chi connectivity index (χ2n) is 9.07. The highest BCUT2D eigenvalue weighted by Gasteiger charge is 2.29. The molecule has 1 N–H and O–H groups in total. The minimum atomic E-state index is -1.04. The number of halogens is 3. The maximum Gasteiger partial charge on any atom is 0.201 e. The first-order valence-corrected chi connectivity index (χ1v) is 12.5. The average molecular weight is 513 g/mol. The molecular weight excluding hydrogens is 481 g/mol. The highest BCUT2D eigenvalue weighted by Crippen LogP contribution is 2.33. The summed E-state index contributed by atoms with van der Waals surface area (Å²) in [6, 6.07) is 14.7. The van der Waals surface area contributed by atoms with E-state index in [4.69, 9.17) is 14.2 Å². The van der Waals surface area contributed by atoms with Crippen LogP contribution < -0.4 is 4.74 Å². The summed E-state index contributed by atoms with van der Waals surface area (Å²) in [5.74, 6) is -2.82. The first-order valence-electron chi connectivity index (χ1n) is 12.5. The molecule has 1 fully saturated rings. The molecule has 37 heavy (non-hydrogen) atoms. The second-order valence-corrected chi connectivity index (χ2v) is 9.07. The molecule has 0 amide bonds. The molecule has 3 aromatic rings. The molecular formula is C30H31F3O4. The molecule has 4 rings (SSSR count). The molecule has 1 aliphatic rings. The van der Waals surface area contributed by atoms with Crippen molar-refractivity contribution < 1.29 is 32.5 Å². The van der Waals surface area contributed by atoms with Gasteiger partial charge in [0.15, 0.2) is 17.9 Å². The van der Waals surface area contributed by atoms with E-state index in [0.717, 1.165) is 12.0 Å². The molecule has 7 heteroatoms. The maximum atomic E-state index is 15.0. The van der Waals surface area contributed by atoms with Gasteiger partial charge in [-0.3, -0.25) is 0 Å². The Morgan fingerprint density at radius 2 is 1.65 bits per heavy atom. The third-order valence-corrected chi connectivity index (χ3v) is 6.42. The second kappa shape index (κ2) is 12.4. The van der Waals surface area contributed by atoms with Crippen LogP contribution in [0.1, 0.15) is 37.7 Å². The highest BCUT2D eigenvalue weighted by molar-refractivity contribution is 5.71. The summed E-state index contributed by atoms with van der Waals surface area (Å²) in [7, 11) is 0. The largest absolute Gasteiger partial charge is 0.490 e. The fourth-order valence-electron chi connectivity index (χ4n) is 4.35. The van der Waals surface area contributed by atoms with E-state index in [2.05, 4.69) is 6.58 Å². The van der Waals surface area contributed by atoms with Crippen LogP contribution >= 0.6 is 0 Å². The van der Waals surface area contributed by atoms with Crippen molar-refractivity contribution in [3.05, 3.63) is 90.3 Å². The van der Waals surface area contributed by atoms with Crippen molar-refractivity contribution in [3.63, 3.8) is 0 Å². The van der Waals surface area contributed by atoms with Crippen LogP contribution in [0.3, 0.4) is 0 Å². The van der Waals surface area contributed by atoms with Crippen LogP contribution in [0.5, 0.6) is 5.75 Å². The van der Waals surface area contributed by atoms with Gasteiger partial charge in [0, 0.05) is 11.5 Å². The summed E-state index contributed by atoms with van der Waals surface area (Å²) in [6.45, 7) is 6.28. The lowest BCUT2D eigenvalue weighted by Crippen LogP contribution is -2.39. The van der Waals surface area contributed by atoms with Crippen molar-refractivity contribution in [2.45, 2.75) is 44.5 Å². The van der Waals surface area contributed by atoms with Crippen molar-refractivity contribution in [2.24, 2.45) is 0 Å². The quantitative estimate of drug-likeness (QED) is 0.235. The molecule has 196 valence electrons. The van der Waals surface area contributed by atoms with E-state index in [1.165, 1.54) is 18.2 Å². The van der Waals surface area contributed by atoms with Gasteiger partial charge in [-0.1, -0.05) is 55.8 Å². The molecule has 0 aliphatic carbocycles. The molecule has 4 nitrogen and oxygen atoms in total. The lowest BCUT2D eigenvalue weighted by molar-refractivity contribution is -0.230. The number of benzene rings is 3.